The van der Waals surface area contributed by atoms with Crippen LogP contribution < -0.4 is 10.1 Å². The van der Waals surface area contributed by atoms with Gasteiger partial charge in [-0.25, -0.2) is 9.18 Å². The zero-order valence-corrected chi connectivity index (χ0v) is 9.51. The standard InChI is InChI=1S/C11H12FNO5/c1-18-9-3-2-6(12)4-7(9)13-8(11(16)17)5-10(14)15/h2-4,8,13H,5H2,1H3,(H,14,15)(H,16,17). The van der Waals surface area contributed by atoms with E-state index in [9.17, 15) is 14.0 Å². The number of anilines is 1. The molecule has 0 saturated carbocycles. The van der Waals surface area contributed by atoms with Crippen molar-refractivity contribution in [2.45, 2.75) is 12.5 Å². The highest BCUT2D eigenvalue weighted by Gasteiger charge is 2.22. The Labute approximate surface area is 102 Å². The molecule has 0 bridgehead atoms. The maximum absolute atomic E-state index is 13.0. The minimum Gasteiger partial charge on any atom is -0.495 e. The van der Waals surface area contributed by atoms with Crippen molar-refractivity contribution in [1.82, 2.24) is 0 Å². The van der Waals surface area contributed by atoms with Crippen molar-refractivity contribution < 1.29 is 28.9 Å². The lowest BCUT2D eigenvalue weighted by atomic mass is 10.2. The molecule has 18 heavy (non-hydrogen) atoms. The molecular formula is C11H12FNO5. The molecule has 1 atom stereocenters. The number of carboxylic acids is 2. The number of rotatable bonds is 6. The molecule has 0 aliphatic heterocycles. The molecule has 1 rings (SSSR count). The molecule has 0 saturated heterocycles. The maximum atomic E-state index is 13.0. The quantitative estimate of drug-likeness (QED) is 0.708. The van der Waals surface area contributed by atoms with Gasteiger partial charge in [0.15, 0.2) is 0 Å². The third-order valence-corrected chi connectivity index (χ3v) is 2.17. The predicted molar refractivity (Wildman–Crippen MR) is 60.3 cm³/mol. The lowest BCUT2D eigenvalue weighted by molar-refractivity contribution is -0.144. The Hall–Kier alpha value is -2.31. The summed E-state index contributed by atoms with van der Waals surface area (Å²) in [5.74, 6) is -2.97. The van der Waals surface area contributed by atoms with Gasteiger partial charge in [-0.1, -0.05) is 0 Å². The summed E-state index contributed by atoms with van der Waals surface area (Å²) < 4.78 is 18.0. The van der Waals surface area contributed by atoms with Crippen LogP contribution in [-0.2, 0) is 9.59 Å². The Morgan fingerprint density at radius 3 is 2.61 bits per heavy atom. The van der Waals surface area contributed by atoms with Crippen LogP contribution >= 0.6 is 0 Å². The first-order chi connectivity index (χ1) is 8.43. The van der Waals surface area contributed by atoms with E-state index in [2.05, 4.69) is 5.32 Å². The summed E-state index contributed by atoms with van der Waals surface area (Å²) >= 11 is 0. The second kappa shape index (κ2) is 5.85. The molecule has 0 fully saturated rings. The Bertz CT molecular complexity index is 463. The highest BCUT2D eigenvalue weighted by atomic mass is 19.1. The number of halogens is 1. The van der Waals surface area contributed by atoms with Gasteiger partial charge in [-0.3, -0.25) is 4.79 Å². The van der Waals surface area contributed by atoms with Crippen molar-refractivity contribution in [3.05, 3.63) is 24.0 Å². The normalized spacial score (nSPS) is 11.7. The van der Waals surface area contributed by atoms with Gasteiger partial charge in [0.2, 0.25) is 0 Å². The van der Waals surface area contributed by atoms with Crippen LogP contribution in [0.4, 0.5) is 10.1 Å². The molecule has 0 radical (unpaired) electrons. The summed E-state index contributed by atoms with van der Waals surface area (Å²) in [5, 5.41) is 19.9. The molecule has 0 aliphatic rings. The zero-order valence-electron chi connectivity index (χ0n) is 9.51. The third kappa shape index (κ3) is 3.62. The summed E-state index contributed by atoms with van der Waals surface area (Å²) in [5.41, 5.74) is 0.0890. The summed E-state index contributed by atoms with van der Waals surface area (Å²) in [6.45, 7) is 0. The number of hydrogen-bond acceptors (Lipinski definition) is 4. The van der Waals surface area contributed by atoms with E-state index < -0.39 is 30.2 Å². The lowest BCUT2D eigenvalue weighted by Crippen LogP contribution is -2.31. The summed E-state index contributed by atoms with van der Waals surface area (Å²) in [7, 11) is 1.34. The Balaban J connectivity index is 2.95. The molecule has 0 heterocycles. The average molecular weight is 257 g/mol. The molecule has 0 aromatic heterocycles. The monoisotopic (exact) mass is 257 g/mol. The lowest BCUT2D eigenvalue weighted by Gasteiger charge is -2.16. The minimum absolute atomic E-state index is 0.0890. The van der Waals surface area contributed by atoms with Crippen LogP contribution in [0.2, 0.25) is 0 Å². The third-order valence-electron chi connectivity index (χ3n) is 2.17. The summed E-state index contributed by atoms with van der Waals surface area (Å²) in [6.07, 6.45) is -0.630. The molecule has 7 heteroatoms. The van der Waals surface area contributed by atoms with Gasteiger partial charge in [-0.2, -0.15) is 0 Å². The first kappa shape index (κ1) is 13.8. The van der Waals surface area contributed by atoms with Crippen LogP contribution in [0.3, 0.4) is 0 Å². The largest absolute Gasteiger partial charge is 0.495 e. The molecular weight excluding hydrogens is 245 g/mol. The van der Waals surface area contributed by atoms with Crippen LogP contribution in [0, 0.1) is 5.82 Å². The van der Waals surface area contributed by atoms with Gasteiger partial charge < -0.3 is 20.3 Å². The molecule has 1 aromatic carbocycles. The van der Waals surface area contributed by atoms with E-state index in [1.807, 2.05) is 0 Å². The van der Waals surface area contributed by atoms with Crippen LogP contribution in [0.25, 0.3) is 0 Å². The number of ether oxygens (including phenoxy) is 1. The van der Waals surface area contributed by atoms with E-state index in [1.165, 1.54) is 13.2 Å². The van der Waals surface area contributed by atoms with Crippen molar-refractivity contribution in [3.8, 4) is 5.75 Å². The number of carboxylic acid groups (broad SMARTS) is 2. The van der Waals surface area contributed by atoms with Crippen molar-refractivity contribution in [2.24, 2.45) is 0 Å². The Kier molecular flexibility index (Phi) is 4.47. The van der Waals surface area contributed by atoms with Gasteiger partial charge in [0.1, 0.15) is 17.6 Å². The number of benzene rings is 1. The predicted octanol–water partition coefficient (Wildman–Crippen LogP) is 1.17. The molecule has 6 nitrogen and oxygen atoms in total. The van der Waals surface area contributed by atoms with E-state index in [-0.39, 0.29) is 11.4 Å². The fourth-order valence-corrected chi connectivity index (χ4v) is 1.36. The van der Waals surface area contributed by atoms with Gasteiger partial charge in [-0.15, -0.1) is 0 Å². The van der Waals surface area contributed by atoms with Crippen molar-refractivity contribution in [1.29, 1.82) is 0 Å². The Morgan fingerprint density at radius 2 is 2.11 bits per heavy atom. The van der Waals surface area contributed by atoms with Gasteiger partial charge >= 0.3 is 11.9 Å². The summed E-state index contributed by atoms with van der Waals surface area (Å²) in [4.78, 5) is 21.4. The maximum Gasteiger partial charge on any atom is 0.326 e. The second-order valence-electron chi connectivity index (χ2n) is 3.48. The average Bonchev–Trinajstić information content (AvgIpc) is 2.27. The van der Waals surface area contributed by atoms with Gasteiger partial charge in [0.05, 0.1) is 19.2 Å². The first-order valence-corrected chi connectivity index (χ1v) is 4.98. The second-order valence-corrected chi connectivity index (χ2v) is 3.48. The van der Waals surface area contributed by atoms with E-state index in [0.717, 1.165) is 12.1 Å². The number of nitrogens with one attached hydrogen (secondary N) is 1. The van der Waals surface area contributed by atoms with Crippen molar-refractivity contribution >= 4 is 17.6 Å². The molecule has 0 aliphatic carbocycles. The fraction of sp³-hybridized carbons (Fsp3) is 0.273. The summed E-state index contributed by atoms with van der Waals surface area (Å²) in [6, 6.07) is 2.14. The molecule has 98 valence electrons. The van der Waals surface area contributed by atoms with Crippen LogP contribution in [0.15, 0.2) is 18.2 Å². The van der Waals surface area contributed by atoms with E-state index in [0.29, 0.717) is 0 Å². The van der Waals surface area contributed by atoms with E-state index in [1.54, 1.807) is 0 Å². The van der Waals surface area contributed by atoms with Crippen molar-refractivity contribution in [3.63, 3.8) is 0 Å². The van der Waals surface area contributed by atoms with Crippen LogP contribution in [0.1, 0.15) is 6.42 Å². The number of aliphatic carboxylic acids is 2. The number of hydrogen-bond donors (Lipinski definition) is 3. The van der Waals surface area contributed by atoms with E-state index >= 15 is 0 Å². The molecule has 0 amide bonds. The highest BCUT2D eigenvalue weighted by Crippen LogP contribution is 2.26. The zero-order chi connectivity index (χ0) is 13.7. The van der Waals surface area contributed by atoms with Gasteiger partial charge in [0.25, 0.3) is 0 Å². The topological polar surface area (TPSA) is 95.9 Å². The molecule has 0 spiro atoms. The minimum atomic E-state index is -1.36. The smallest absolute Gasteiger partial charge is 0.326 e. The van der Waals surface area contributed by atoms with Crippen LogP contribution in [0.5, 0.6) is 5.75 Å². The Morgan fingerprint density at radius 1 is 1.44 bits per heavy atom. The van der Waals surface area contributed by atoms with Crippen LogP contribution in [-0.4, -0.2) is 35.3 Å². The SMILES string of the molecule is COc1ccc(F)cc1NC(CC(=O)O)C(=O)O. The molecule has 3 N–H and O–H groups in total. The van der Waals surface area contributed by atoms with Gasteiger partial charge in [0, 0.05) is 6.07 Å². The molecule has 1 unspecified atom stereocenters. The number of methoxy groups -OCH3 is 1. The van der Waals surface area contributed by atoms with E-state index in [4.69, 9.17) is 14.9 Å². The number of carbonyl (C=O) groups is 2. The van der Waals surface area contributed by atoms with Crippen molar-refractivity contribution in [2.75, 3.05) is 12.4 Å². The highest BCUT2D eigenvalue weighted by molar-refractivity contribution is 5.84. The molecule has 1 aromatic rings. The first-order valence-electron chi connectivity index (χ1n) is 4.98. The fourth-order valence-electron chi connectivity index (χ4n) is 1.36. The van der Waals surface area contributed by atoms with Gasteiger partial charge in [-0.05, 0) is 12.1 Å².